The summed E-state index contributed by atoms with van der Waals surface area (Å²) in [6.45, 7) is 0. The van der Waals surface area contributed by atoms with Gasteiger partial charge in [0.05, 0.1) is 22.5 Å². The van der Waals surface area contributed by atoms with E-state index in [0.717, 1.165) is 22.3 Å². The predicted octanol–water partition coefficient (Wildman–Crippen LogP) is 3.17. The summed E-state index contributed by atoms with van der Waals surface area (Å²) in [5, 5.41) is 14.9. The van der Waals surface area contributed by atoms with Crippen LogP contribution in [-0.2, 0) is 0 Å². The van der Waals surface area contributed by atoms with Crippen LogP contribution in [0.25, 0.3) is 16.6 Å². The van der Waals surface area contributed by atoms with Gasteiger partial charge in [-0.25, -0.2) is 4.68 Å². The van der Waals surface area contributed by atoms with Crippen LogP contribution >= 0.6 is 0 Å². The van der Waals surface area contributed by atoms with Gasteiger partial charge in [-0.15, -0.1) is 0 Å². The number of pyridine rings is 1. The molecule has 4 rings (SSSR count). The quantitative estimate of drug-likeness (QED) is 0.711. The van der Waals surface area contributed by atoms with Crippen molar-refractivity contribution < 1.29 is 0 Å². The van der Waals surface area contributed by atoms with Gasteiger partial charge in [0.25, 0.3) is 0 Å². The lowest BCUT2D eigenvalue weighted by Gasteiger charge is -2.08. The summed E-state index contributed by atoms with van der Waals surface area (Å²) in [7, 11) is 0. The SMILES string of the molecule is N#Cc1cnc2ccccc2c1-n1ccc(C2CC2)n1. The lowest BCUT2D eigenvalue weighted by Crippen LogP contribution is -2.01. The highest BCUT2D eigenvalue weighted by molar-refractivity contribution is 5.89. The summed E-state index contributed by atoms with van der Waals surface area (Å²) >= 11 is 0. The van der Waals surface area contributed by atoms with Crippen LogP contribution in [0.15, 0.2) is 42.7 Å². The average Bonchev–Trinajstić information content (AvgIpc) is 3.24. The molecule has 1 saturated carbocycles. The Morgan fingerprint density at radius 3 is 2.85 bits per heavy atom. The first-order chi connectivity index (χ1) is 9.86. The number of rotatable bonds is 2. The summed E-state index contributed by atoms with van der Waals surface area (Å²) in [4.78, 5) is 4.33. The maximum atomic E-state index is 9.34. The molecule has 0 amide bonds. The van der Waals surface area contributed by atoms with E-state index in [9.17, 15) is 5.26 Å². The molecule has 0 radical (unpaired) electrons. The molecule has 4 heteroatoms. The van der Waals surface area contributed by atoms with Crippen LogP contribution in [0.4, 0.5) is 0 Å². The summed E-state index contributed by atoms with van der Waals surface area (Å²) in [5.41, 5.74) is 3.37. The van der Waals surface area contributed by atoms with E-state index < -0.39 is 0 Å². The molecule has 3 aromatic rings. The Morgan fingerprint density at radius 1 is 1.20 bits per heavy atom. The van der Waals surface area contributed by atoms with E-state index in [-0.39, 0.29) is 0 Å². The molecule has 20 heavy (non-hydrogen) atoms. The number of nitriles is 1. The van der Waals surface area contributed by atoms with Gasteiger partial charge in [0.15, 0.2) is 0 Å². The highest BCUT2D eigenvalue weighted by Crippen LogP contribution is 2.39. The zero-order valence-corrected chi connectivity index (χ0v) is 10.8. The van der Waals surface area contributed by atoms with Crippen LogP contribution in [-0.4, -0.2) is 14.8 Å². The fraction of sp³-hybridized carbons (Fsp3) is 0.188. The number of hydrogen-bond donors (Lipinski definition) is 0. The first-order valence-corrected chi connectivity index (χ1v) is 6.70. The Kier molecular flexibility index (Phi) is 2.33. The Hall–Kier alpha value is -2.67. The molecule has 0 N–H and O–H groups in total. The van der Waals surface area contributed by atoms with Crippen molar-refractivity contribution in [1.82, 2.24) is 14.8 Å². The fourth-order valence-corrected chi connectivity index (χ4v) is 2.51. The summed E-state index contributed by atoms with van der Waals surface area (Å²) in [6.07, 6.45) is 6.00. The van der Waals surface area contributed by atoms with Gasteiger partial charge < -0.3 is 0 Å². The Labute approximate surface area is 116 Å². The molecule has 0 atom stereocenters. The van der Waals surface area contributed by atoms with Gasteiger partial charge in [-0.1, -0.05) is 18.2 Å². The van der Waals surface area contributed by atoms with Crippen molar-refractivity contribution in [2.45, 2.75) is 18.8 Å². The molecule has 2 heterocycles. The molecule has 0 saturated heterocycles. The van der Waals surface area contributed by atoms with Crippen LogP contribution in [0.2, 0.25) is 0 Å². The minimum atomic E-state index is 0.550. The second-order valence-corrected chi connectivity index (χ2v) is 5.11. The molecule has 0 spiro atoms. The molecule has 1 aliphatic carbocycles. The van der Waals surface area contributed by atoms with Crippen LogP contribution in [0, 0.1) is 11.3 Å². The van der Waals surface area contributed by atoms with Gasteiger partial charge in [-0.3, -0.25) is 4.98 Å². The molecule has 1 aliphatic rings. The minimum Gasteiger partial charge on any atom is -0.255 e. The number of aromatic nitrogens is 3. The van der Waals surface area contributed by atoms with E-state index in [4.69, 9.17) is 0 Å². The molecule has 96 valence electrons. The van der Waals surface area contributed by atoms with E-state index in [2.05, 4.69) is 16.2 Å². The van der Waals surface area contributed by atoms with Crippen molar-refractivity contribution in [2.24, 2.45) is 0 Å². The molecule has 2 aromatic heterocycles. The van der Waals surface area contributed by atoms with Crippen molar-refractivity contribution in [3.05, 3.63) is 54.0 Å². The summed E-state index contributed by atoms with van der Waals surface area (Å²) in [5.74, 6) is 0.606. The smallest absolute Gasteiger partial charge is 0.103 e. The summed E-state index contributed by atoms with van der Waals surface area (Å²) < 4.78 is 1.82. The van der Waals surface area contributed by atoms with Gasteiger partial charge in [0.1, 0.15) is 6.07 Å². The van der Waals surface area contributed by atoms with E-state index in [1.165, 1.54) is 12.8 Å². The van der Waals surface area contributed by atoms with Gasteiger partial charge in [-0.2, -0.15) is 10.4 Å². The Morgan fingerprint density at radius 2 is 2.05 bits per heavy atom. The van der Waals surface area contributed by atoms with Crippen molar-refractivity contribution >= 4 is 10.9 Å². The van der Waals surface area contributed by atoms with E-state index in [0.29, 0.717) is 11.5 Å². The first-order valence-electron chi connectivity index (χ1n) is 6.70. The molecule has 1 fully saturated rings. The van der Waals surface area contributed by atoms with Crippen LogP contribution in [0.1, 0.15) is 30.0 Å². The topological polar surface area (TPSA) is 54.5 Å². The molecule has 0 aliphatic heterocycles. The molecule has 0 unspecified atom stereocenters. The highest BCUT2D eigenvalue weighted by Gasteiger charge is 2.26. The van der Waals surface area contributed by atoms with Gasteiger partial charge >= 0.3 is 0 Å². The molecular weight excluding hydrogens is 248 g/mol. The fourth-order valence-electron chi connectivity index (χ4n) is 2.51. The van der Waals surface area contributed by atoms with Gasteiger partial charge in [0, 0.05) is 23.7 Å². The third kappa shape index (κ3) is 1.68. The highest BCUT2D eigenvalue weighted by atomic mass is 15.3. The number of para-hydroxylation sites is 1. The number of nitrogens with zero attached hydrogens (tertiary/aromatic N) is 4. The monoisotopic (exact) mass is 260 g/mol. The zero-order chi connectivity index (χ0) is 13.5. The van der Waals surface area contributed by atoms with Crippen LogP contribution < -0.4 is 0 Å². The lowest BCUT2D eigenvalue weighted by atomic mass is 10.1. The van der Waals surface area contributed by atoms with Crippen LogP contribution in [0.3, 0.4) is 0 Å². The van der Waals surface area contributed by atoms with Crippen molar-refractivity contribution in [3.8, 4) is 11.8 Å². The molecular formula is C16H12N4. The maximum Gasteiger partial charge on any atom is 0.103 e. The third-order valence-corrected chi connectivity index (χ3v) is 3.70. The Balaban J connectivity index is 1.98. The molecule has 4 nitrogen and oxygen atoms in total. The van der Waals surface area contributed by atoms with Gasteiger partial charge in [0.2, 0.25) is 0 Å². The van der Waals surface area contributed by atoms with Gasteiger partial charge in [-0.05, 0) is 25.0 Å². The lowest BCUT2D eigenvalue weighted by molar-refractivity contribution is 0.839. The van der Waals surface area contributed by atoms with E-state index in [1.54, 1.807) is 6.20 Å². The predicted molar refractivity (Wildman–Crippen MR) is 75.6 cm³/mol. The second-order valence-electron chi connectivity index (χ2n) is 5.11. The first kappa shape index (κ1) is 11.2. The molecule has 1 aromatic carbocycles. The summed E-state index contributed by atoms with van der Waals surface area (Å²) in [6, 6.07) is 12.1. The van der Waals surface area contributed by atoms with Crippen molar-refractivity contribution in [3.63, 3.8) is 0 Å². The van der Waals surface area contributed by atoms with Crippen molar-refractivity contribution in [1.29, 1.82) is 5.26 Å². The normalized spacial score (nSPS) is 14.3. The Bertz CT molecular complexity index is 837. The van der Waals surface area contributed by atoms with E-state index in [1.807, 2.05) is 41.2 Å². The second kappa shape index (κ2) is 4.17. The number of fused-ring (bicyclic) bond motifs is 1. The zero-order valence-electron chi connectivity index (χ0n) is 10.8. The molecule has 0 bridgehead atoms. The minimum absolute atomic E-state index is 0.550. The number of hydrogen-bond acceptors (Lipinski definition) is 3. The maximum absolute atomic E-state index is 9.34. The van der Waals surface area contributed by atoms with E-state index >= 15 is 0 Å². The van der Waals surface area contributed by atoms with Crippen molar-refractivity contribution in [2.75, 3.05) is 0 Å². The standard InChI is InChI=1S/C16H12N4/c17-9-12-10-18-15-4-2-1-3-13(15)16(12)20-8-7-14(19-20)11-5-6-11/h1-4,7-8,10-11H,5-6H2. The van der Waals surface area contributed by atoms with Crippen LogP contribution in [0.5, 0.6) is 0 Å². The largest absolute Gasteiger partial charge is 0.255 e. The average molecular weight is 260 g/mol. The third-order valence-electron chi connectivity index (χ3n) is 3.70. The number of benzene rings is 1.